The minimum atomic E-state index is -0.343. The minimum Gasteiger partial charge on any atom is -0.491 e. The molecule has 0 saturated heterocycles. The van der Waals surface area contributed by atoms with Gasteiger partial charge in [-0.15, -0.1) is 0 Å². The van der Waals surface area contributed by atoms with Crippen LogP contribution in [0, 0.1) is 12.7 Å². The van der Waals surface area contributed by atoms with E-state index in [1.165, 1.54) is 12.4 Å². The van der Waals surface area contributed by atoms with E-state index >= 15 is 0 Å². The Morgan fingerprint density at radius 2 is 1.82 bits per heavy atom. The highest BCUT2D eigenvalue weighted by Gasteiger charge is 2.15. The molecule has 0 radical (unpaired) electrons. The third-order valence-electron chi connectivity index (χ3n) is 6.61. The van der Waals surface area contributed by atoms with Crippen LogP contribution in [-0.2, 0) is 22.5 Å². The van der Waals surface area contributed by atoms with Crippen molar-refractivity contribution in [3.05, 3.63) is 107 Å². The molecule has 0 atom stereocenters. The summed E-state index contributed by atoms with van der Waals surface area (Å²) in [6, 6.07) is 19.2. The summed E-state index contributed by atoms with van der Waals surface area (Å²) in [5, 5.41) is 2.81. The standard InChI is InChI=1S/C31H31FN4O3/c1-22-5-7-28(16-29(22)32)35-31(37)20-36-9-10-38-11-12-39-30-8-6-25(27-17-33-21-34-18-27)15-26(30)14-23-3-2-4-24(13-23)19-36/h2-8,13,15-18,21H,9-12,14,19-20H2,1H3,(H,35,37). The lowest BCUT2D eigenvalue weighted by molar-refractivity contribution is -0.117. The lowest BCUT2D eigenvalue weighted by atomic mass is 9.98. The Balaban J connectivity index is 1.34. The molecule has 4 aromatic rings. The molecule has 39 heavy (non-hydrogen) atoms. The Kier molecular flexibility index (Phi) is 8.55. The zero-order valence-corrected chi connectivity index (χ0v) is 21.9. The molecule has 2 bridgehead atoms. The summed E-state index contributed by atoms with van der Waals surface area (Å²) in [5.41, 5.74) is 6.25. The van der Waals surface area contributed by atoms with E-state index in [-0.39, 0.29) is 18.3 Å². The smallest absolute Gasteiger partial charge is 0.238 e. The van der Waals surface area contributed by atoms with E-state index in [9.17, 15) is 9.18 Å². The third kappa shape index (κ3) is 7.25. The molecule has 2 heterocycles. The SMILES string of the molecule is Cc1ccc(NC(=O)CN2CCOCCOc3ccc(-c4cncnc4)cc3Cc3cccc(c3)C2)cc1F. The number of carbonyl (C=O) groups excluding carboxylic acids is 1. The average Bonchev–Trinajstić information content (AvgIpc) is 2.93. The average molecular weight is 527 g/mol. The molecule has 0 fully saturated rings. The molecule has 5 rings (SSSR count). The lowest BCUT2D eigenvalue weighted by Gasteiger charge is -2.23. The fourth-order valence-corrected chi connectivity index (χ4v) is 4.60. The number of halogens is 1. The van der Waals surface area contributed by atoms with Crippen molar-refractivity contribution in [2.45, 2.75) is 19.9 Å². The Morgan fingerprint density at radius 3 is 2.67 bits per heavy atom. The molecular formula is C31H31FN4O3. The van der Waals surface area contributed by atoms with E-state index in [0.29, 0.717) is 50.6 Å². The number of aryl methyl sites for hydroxylation is 1. The van der Waals surface area contributed by atoms with E-state index in [0.717, 1.165) is 33.6 Å². The maximum Gasteiger partial charge on any atom is 0.238 e. The Labute approximate surface area is 227 Å². The number of hydrogen-bond acceptors (Lipinski definition) is 6. The van der Waals surface area contributed by atoms with Crippen LogP contribution in [0.4, 0.5) is 10.1 Å². The molecule has 1 aliphatic rings. The topological polar surface area (TPSA) is 76.6 Å². The molecule has 1 N–H and O–H groups in total. The molecule has 0 saturated carbocycles. The van der Waals surface area contributed by atoms with Crippen molar-refractivity contribution >= 4 is 11.6 Å². The molecule has 1 aliphatic heterocycles. The first-order chi connectivity index (χ1) is 19.0. The first-order valence-corrected chi connectivity index (χ1v) is 13.0. The van der Waals surface area contributed by atoms with Gasteiger partial charge in [0, 0.05) is 43.2 Å². The fraction of sp³-hybridized carbons (Fsp3) is 0.258. The van der Waals surface area contributed by atoms with Gasteiger partial charge in [0.25, 0.3) is 0 Å². The molecule has 0 unspecified atom stereocenters. The number of rotatable bonds is 4. The van der Waals surface area contributed by atoms with Gasteiger partial charge in [0.1, 0.15) is 24.5 Å². The normalized spacial score (nSPS) is 14.5. The van der Waals surface area contributed by atoms with Crippen LogP contribution in [-0.4, -0.2) is 53.7 Å². The summed E-state index contributed by atoms with van der Waals surface area (Å²) in [7, 11) is 0. The minimum absolute atomic E-state index is 0.158. The van der Waals surface area contributed by atoms with Gasteiger partial charge in [0.05, 0.1) is 19.8 Å². The van der Waals surface area contributed by atoms with Crippen molar-refractivity contribution < 1.29 is 18.7 Å². The summed E-state index contributed by atoms with van der Waals surface area (Å²) in [4.78, 5) is 23.1. The van der Waals surface area contributed by atoms with Crippen LogP contribution in [0.25, 0.3) is 11.1 Å². The van der Waals surface area contributed by atoms with Crippen LogP contribution in [0.5, 0.6) is 5.75 Å². The molecular weight excluding hydrogens is 495 g/mol. The van der Waals surface area contributed by atoms with Gasteiger partial charge in [-0.05, 0) is 59.0 Å². The van der Waals surface area contributed by atoms with Crippen LogP contribution in [0.2, 0.25) is 0 Å². The predicted molar refractivity (Wildman–Crippen MR) is 148 cm³/mol. The summed E-state index contributed by atoms with van der Waals surface area (Å²) in [5.74, 6) is 0.280. The lowest BCUT2D eigenvalue weighted by Crippen LogP contribution is -2.35. The number of ether oxygens (including phenoxy) is 2. The second-order valence-electron chi connectivity index (χ2n) is 9.63. The summed E-state index contributed by atoms with van der Waals surface area (Å²) < 4.78 is 25.9. The van der Waals surface area contributed by atoms with E-state index in [1.807, 2.05) is 23.1 Å². The molecule has 1 aromatic heterocycles. The summed E-state index contributed by atoms with van der Waals surface area (Å²) in [6.07, 6.45) is 5.80. The number of nitrogens with one attached hydrogen (secondary N) is 1. The van der Waals surface area contributed by atoms with Gasteiger partial charge in [-0.3, -0.25) is 9.69 Å². The monoisotopic (exact) mass is 526 g/mol. The third-order valence-corrected chi connectivity index (χ3v) is 6.61. The first-order valence-electron chi connectivity index (χ1n) is 13.0. The van der Waals surface area contributed by atoms with Crippen LogP contribution < -0.4 is 10.1 Å². The second-order valence-corrected chi connectivity index (χ2v) is 9.63. The number of carbonyl (C=O) groups is 1. The van der Waals surface area contributed by atoms with Gasteiger partial charge < -0.3 is 14.8 Å². The van der Waals surface area contributed by atoms with Crippen molar-refractivity contribution in [1.29, 1.82) is 0 Å². The number of amides is 1. The molecule has 8 heteroatoms. The Bertz CT molecular complexity index is 1430. The van der Waals surface area contributed by atoms with E-state index in [1.54, 1.807) is 31.5 Å². The number of nitrogens with zero attached hydrogens (tertiary/aromatic N) is 3. The molecule has 0 aliphatic carbocycles. The largest absolute Gasteiger partial charge is 0.491 e. The number of fused-ring (bicyclic) bond motifs is 3. The van der Waals surface area contributed by atoms with Crippen LogP contribution in [0.3, 0.4) is 0 Å². The number of anilines is 1. The number of hydrogen-bond donors (Lipinski definition) is 1. The van der Waals surface area contributed by atoms with Gasteiger partial charge in [-0.25, -0.2) is 14.4 Å². The van der Waals surface area contributed by atoms with E-state index in [2.05, 4.69) is 39.6 Å². The molecule has 1 amide bonds. The van der Waals surface area contributed by atoms with Crippen molar-refractivity contribution in [2.75, 3.05) is 38.2 Å². The Morgan fingerprint density at radius 1 is 0.974 bits per heavy atom. The molecule has 0 spiro atoms. The number of benzene rings is 3. The highest BCUT2D eigenvalue weighted by molar-refractivity contribution is 5.92. The van der Waals surface area contributed by atoms with Crippen molar-refractivity contribution in [3.8, 4) is 16.9 Å². The van der Waals surface area contributed by atoms with Crippen LogP contribution >= 0.6 is 0 Å². The van der Waals surface area contributed by atoms with Gasteiger partial charge in [-0.2, -0.15) is 0 Å². The van der Waals surface area contributed by atoms with Gasteiger partial charge >= 0.3 is 0 Å². The van der Waals surface area contributed by atoms with Crippen LogP contribution in [0.15, 0.2) is 79.4 Å². The fourth-order valence-electron chi connectivity index (χ4n) is 4.60. The molecule has 3 aromatic carbocycles. The van der Waals surface area contributed by atoms with Gasteiger partial charge in [0.15, 0.2) is 0 Å². The Hall–Kier alpha value is -4.14. The quantitative estimate of drug-likeness (QED) is 0.402. The van der Waals surface area contributed by atoms with Crippen molar-refractivity contribution in [3.63, 3.8) is 0 Å². The number of aromatic nitrogens is 2. The summed E-state index contributed by atoms with van der Waals surface area (Å²) >= 11 is 0. The maximum absolute atomic E-state index is 13.9. The van der Waals surface area contributed by atoms with Crippen molar-refractivity contribution in [1.82, 2.24) is 14.9 Å². The second kappa shape index (κ2) is 12.6. The highest BCUT2D eigenvalue weighted by Crippen LogP contribution is 2.28. The molecule has 200 valence electrons. The zero-order chi connectivity index (χ0) is 27.0. The van der Waals surface area contributed by atoms with Crippen LogP contribution in [0.1, 0.15) is 22.3 Å². The summed E-state index contributed by atoms with van der Waals surface area (Å²) in [6.45, 7) is 4.30. The van der Waals surface area contributed by atoms with Crippen molar-refractivity contribution in [2.24, 2.45) is 0 Å². The predicted octanol–water partition coefficient (Wildman–Crippen LogP) is 5.03. The van der Waals surface area contributed by atoms with E-state index in [4.69, 9.17) is 9.47 Å². The van der Waals surface area contributed by atoms with Gasteiger partial charge in [-0.1, -0.05) is 36.4 Å². The van der Waals surface area contributed by atoms with Gasteiger partial charge in [0.2, 0.25) is 5.91 Å². The molecule has 7 nitrogen and oxygen atoms in total. The first kappa shape index (κ1) is 26.5. The van der Waals surface area contributed by atoms with E-state index < -0.39 is 0 Å². The maximum atomic E-state index is 13.9. The highest BCUT2D eigenvalue weighted by atomic mass is 19.1. The zero-order valence-electron chi connectivity index (χ0n) is 21.9.